The van der Waals surface area contributed by atoms with Gasteiger partial charge in [0.15, 0.2) is 0 Å². The van der Waals surface area contributed by atoms with E-state index < -0.39 is 18.3 Å². The second kappa shape index (κ2) is 7.43. The predicted octanol–water partition coefficient (Wildman–Crippen LogP) is 4.05. The molecule has 0 aromatic heterocycles. The number of hydrogen-bond acceptors (Lipinski definition) is 5. The monoisotopic (exact) mass is 374 g/mol. The molecule has 0 atom stereocenters. The largest absolute Gasteiger partial charge is 0.495 e. The quantitative estimate of drug-likeness (QED) is 0.442. The molecule has 1 aromatic carbocycles. The molecule has 27 heavy (non-hydrogen) atoms. The zero-order valence-electron chi connectivity index (χ0n) is 17.2. The number of anilines is 1. The summed E-state index contributed by atoms with van der Waals surface area (Å²) in [5.41, 5.74) is 0.596. The zero-order valence-corrected chi connectivity index (χ0v) is 17.2. The van der Waals surface area contributed by atoms with E-state index in [-0.39, 0.29) is 10.6 Å². The first-order valence-corrected chi connectivity index (χ1v) is 10.1. The normalized spacial score (nSPS) is 22.0. The van der Waals surface area contributed by atoms with Crippen molar-refractivity contribution in [2.45, 2.75) is 84.0 Å². The van der Waals surface area contributed by atoms with Crippen LogP contribution < -0.4 is 10.4 Å². The highest BCUT2D eigenvalue weighted by Crippen LogP contribution is 2.38. The minimum Gasteiger partial charge on any atom is -0.399 e. The lowest BCUT2D eigenvalue weighted by Gasteiger charge is -2.35. The third-order valence-corrected chi connectivity index (χ3v) is 6.39. The molecular formula is C20H31BN2O4. The average Bonchev–Trinajstić information content (AvgIpc) is 2.84. The first kappa shape index (κ1) is 20.1. The number of benzene rings is 1. The van der Waals surface area contributed by atoms with Crippen LogP contribution in [-0.4, -0.2) is 35.8 Å². The molecule has 1 aliphatic carbocycles. The third-order valence-electron chi connectivity index (χ3n) is 6.39. The highest BCUT2D eigenvalue weighted by Gasteiger charge is 2.52. The van der Waals surface area contributed by atoms with Gasteiger partial charge in [-0.1, -0.05) is 25.3 Å². The maximum atomic E-state index is 11.8. The van der Waals surface area contributed by atoms with E-state index >= 15 is 0 Å². The van der Waals surface area contributed by atoms with Crippen LogP contribution in [0.25, 0.3) is 0 Å². The molecule has 2 fully saturated rings. The van der Waals surface area contributed by atoms with Crippen LogP contribution in [0.15, 0.2) is 18.2 Å². The van der Waals surface area contributed by atoms with Crippen molar-refractivity contribution in [2.75, 3.05) is 11.4 Å². The Balaban J connectivity index is 1.92. The maximum Gasteiger partial charge on any atom is 0.495 e. The second-order valence-electron chi connectivity index (χ2n) is 8.67. The van der Waals surface area contributed by atoms with Gasteiger partial charge in [-0.2, -0.15) is 0 Å². The van der Waals surface area contributed by atoms with Crippen LogP contribution in [0.3, 0.4) is 0 Å². The predicted molar refractivity (Wildman–Crippen MR) is 109 cm³/mol. The van der Waals surface area contributed by atoms with Gasteiger partial charge in [-0.05, 0) is 59.0 Å². The molecule has 0 bridgehead atoms. The number of nitro benzene ring substituents is 1. The van der Waals surface area contributed by atoms with Gasteiger partial charge in [0.1, 0.15) is 5.69 Å². The molecule has 1 aromatic rings. The molecule has 0 spiro atoms. The fourth-order valence-corrected chi connectivity index (χ4v) is 4.07. The van der Waals surface area contributed by atoms with Crippen LogP contribution in [0.5, 0.6) is 0 Å². The van der Waals surface area contributed by atoms with E-state index in [1.807, 2.05) is 39.8 Å². The lowest BCUT2D eigenvalue weighted by molar-refractivity contribution is -0.384. The van der Waals surface area contributed by atoms with Gasteiger partial charge in [0.05, 0.1) is 16.1 Å². The van der Waals surface area contributed by atoms with E-state index in [1.165, 1.54) is 19.3 Å². The first-order chi connectivity index (χ1) is 12.7. The minimum atomic E-state index is -0.590. The summed E-state index contributed by atoms with van der Waals surface area (Å²) in [4.78, 5) is 13.8. The SMILES string of the molecule is CCN(c1ccc(B2OC(C)(C)C(C)(C)O2)cc1[N+](=O)[O-])C1CCCCC1. The van der Waals surface area contributed by atoms with Gasteiger partial charge in [-0.15, -0.1) is 0 Å². The summed E-state index contributed by atoms with van der Waals surface area (Å²) in [5, 5.41) is 11.8. The number of rotatable bonds is 5. The Morgan fingerprint density at radius 1 is 1.15 bits per heavy atom. The summed E-state index contributed by atoms with van der Waals surface area (Å²) >= 11 is 0. The molecule has 0 N–H and O–H groups in total. The Bertz CT molecular complexity index is 685. The number of nitro groups is 1. The van der Waals surface area contributed by atoms with Crippen LogP contribution in [0.4, 0.5) is 11.4 Å². The summed E-state index contributed by atoms with van der Waals surface area (Å²) in [5.74, 6) is 0. The fraction of sp³-hybridized carbons (Fsp3) is 0.700. The molecule has 1 saturated carbocycles. The Morgan fingerprint density at radius 2 is 1.74 bits per heavy atom. The van der Waals surface area contributed by atoms with E-state index in [1.54, 1.807) is 6.07 Å². The summed E-state index contributed by atoms with van der Waals surface area (Å²) in [6, 6.07) is 5.79. The molecule has 0 amide bonds. The van der Waals surface area contributed by atoms with E-state index in [9.17, 15) is 10.1 Å². The minimum absolute atomic E-state index is 0.134. The molecule has 1 aliphatic heterocycles. The van der Waals surface area contributed by atoms with E-state index in [0.29, 0.717) is 17.2 Å². The van der Waals surface area contributed by atoms with Crippen LogP contribution in [-0.2, 0) is 9.31 Å². The molecule has 148 valence electrons. The Kier molecular flexibility index (Phi) is 5.55. The van der Waals surface area contributed by atoms with Gasteiger partial charge in [-0.25, -0.2) is 0 Å². The fourth-order valence-electron chi connectivity index (χ4n) is 4.07. The Labute approximate surface area is 162 Å². The number of nitrogens with zero attached hydrogens (tertiary/aromatic N) is 2. The first-order valence-electron chi connectivity index (χ1n) is 10.1. The van der Waals surface area contributed by atoms with Crippen molar-refractivity contribution >= 4 is 24.0 Å². The Morgan fingerprint density at radius 3 is 2.26 bits per heavy atom. The van der Waals surface area contributed by atoms with Gasteiger partial charge >= 0.3 is 7.12 Å². The molecule has 3 rings (SSSR count). The van der Waals surface area contributed by atoms with Crippen molar-refractivity contribution in [2.24, 2.45) is 0 Å². The van der Waals surface area contributed by atoms with Gasteiger partial charge < -0.3 is 14.2 Å². The Hall–Kier alpha value is -1.60. The van der Waals surface area contributed by atoms with E-state index in [4.69, 9.17) is 9.31 Å². The molecule has 1 heterocycles. The smallest absolute Gasteiger partial charge is 0.399 e. The van der Waals surface area contributed by atoms with Crippen molar-refractivity contribution < 1.29 is 14.2 Å². The molecule has 7 heteroatoms. The lowest BCUT2D eigenvalue weighted by Crippen LogP contribution is -2.41. The van der Waals surface area contributed by atoms with Crippen molar-refractivity contribution in [3.63, 3.8) is 0 Å². The number of hydrogen-bond donors (Lipinski definition) is 0. The topological polar surface area (TPSA) is 64.8 Å². The molecule has 2 aliphatic rings. The van der Waals surface area contributed by atoms with Crippen molar-refractivity contribution in [1.29, 1.82) is 0 Å². The van der Waals surface area contributed by atoms with Crippen LogP contribution >= 0.6 is 0 Å². The average molecular weight is 374 g/mol. The van der Waals surface area contributed by atoms with Crippen LogP contribution in [0.2, 0.25) is 0 Å². The summed E-state index contributed by atoms with van der Waals surface area (Å²) in [7, 11) is -0.590. The second-order valence-corrected chi connectivity index (χ2v) is 8.67. The van der Waals surface area contributed by atoms with Gasteiger partial charge in [0.25, 0.3) is 5.69 Å². The van der Waals surface area contributed by atoms with Crippen molar-refractivity contribution in [3.8, 4) is 0 Å². The summed E-state index contributed by atoms with van der Waals surface area (Å²) in [6.07, 6.45) is 5.85. The van der Waals surface area contributed by atoms with Crippen LogP contribution in [0, 0.1) is 10.1 Å². The summed E-state index contributed by atoms with van der Waals surface area (Å²) in [6.45, 7) is 10.8. The van der Waals surface area contributed by atoms with Gasteiger partial charge in [0, 0.05) is 18.7 Å². The maximum absolute atomic E-state index is 11.8. The lowest BCUT2D eigenvalue weighted by atomic mass is 9.78. The van der Waals surface area contributed by atoms with Crippen LogP contribution in [0.1, 0.15) is 66.7 Å². The highest BCUT2D eigenvalue weighted by atomic mass is 16.7. The summed E-state index contributed by atoms with van der Waals surface area (Å²) < 4.78 is 12.1. The highest BCUT2D eigenvalue weighted by molar-refractivity contribution is 6.62. The van der Waals surface area contributed by atoms with Crippen molar-refractivity contribution in [3.05, 3.63) is 28.3 Å². The van der Waals surface area contributed by atoms with E-state index in [0.717, 1.165) is 19.4 Å². The molecular weight excluding hydrogens is 343 g/mol. The molecule has 0 unspecified atom stereocenters. The molecule has 1 saturated heterocycles. The third kappa shape index (κ3) is 3.85. The molecule has 0 radical (unpaired) electrons. The standard InChI is InChI=1S/C20H31BN2O4/c1-6-22(16-10-8-7-9-11-16)17-13-12-15(14-18(17)23(24)25)21-26-19(2,3)20(4,5)27-21/h12-14,16H,6-11H2,1-5H3. The van der Waals surface area contributed by atoms with Crippen molar-refractivity contribution in [1.82, 2.24) is 0 Å². The van der Waals surface area contributed by atoms with Gasteiger partial charge in [0.2, 0.25) is 0 Å². The zero-order chi connectivity index (χ0) is 19.8. The molecule has 6 nitrogen and oxygen atoms in total. The van der Waals surface area contributed by atoms with E-state index in [2.05, 4.69) is 11.8 Å². The van der Waals surface area contributed by atoms with Gasteiger partial charge in [-0.3, -0.25) is 10.1 Å².